The second-order valence-corrected chi connectivity index (χ2v) is 5.04. The smallest absolute Gasteiger partial charge is 0.0438 e. The predicted molar refractivity (Wildman–Crippen MR) is 76.8 cm³/mol. The summed E-state index contributed by atoms with van der Waals surface area (Å²) in [5.74, 6) is 0. The molecule has 0 bridgehead atoms. The fourth-order valence-electron chi connectivity index (χ4n) is 2.10. The van der Waals surface area contributed by atoms with Gasteiger partial charge in [-0.3, -0.25) is 0 Å². The second-order valence-electron chi connectivity index (χ2n) is 4.63. The van der Waals surface area contributed by atoms with Crippen molar-refractivity contribution in [2.75, 3.05) is 7.05 Å². The van der Waals surface area contributed by atoms with Gasteiger partial charge in [-0.15, -0.1) is 0 Å². The molecule has 2 heteroatoms. The van der Waals surface area contributed by atoms with Crippen LogP contribution in [-0.4, -0.2) is 13.1 Å². The SMILES string of the molecule is CCCCCCC(Cc1ccccc1Cl)NC. The van der Waals surface area contributed by atoms with Crippen LogP contribution in [0.1, 0.15) is 44.6 Å². The molecule has 96 valence electrons. The maximum Gasteiger partial charge on any atom is 0.0438 e. The summed E-state index contributed by atoms with van der Waals surface area (Å²) in [5, 5.41) is 4.29. The largest absolute Gasteiger partial charge is 0.317 e. The third-order valence-corrected chi connectivity index (χ3v) is 3.61. The highest BCUT2D eigenvalue weighted by molar-refractivity contribution is 6.31. The van der Waals surface area contributed by atoms with Gasteiger partial charge < -0.3 is 5.32 Å². The van der Waals surface area contributed by atoms with Gasteiger partial charge in [0.25, 0.3) is 0 Å². The van der Waals surface area contributed by atoms with Crippen molar-refractivity contribution in [1.29, 1.82) is 0 Å². The molecule has 0 heterocycles. The van der Waals surface area contributed by atoms with E-state index >= 15 is 0 Å². The van der Waals surface area contributed by atoms with Gasteiger partial charge in [0.1, 0.15) is 0 Å². The van der Waals surface area contributed by atoms with Gasteiger partial charge in [-0.2, -0.15) is 0 Å². The van der Waals surface area contributed by atoms with Crippen LogP contribution in [0.3, 0.4) is 0 Å². The lowest BCUT2D eigenvalue weighted by molar-refractivity contribution is 0.485. The zero-order chi connectivity index (χ0) is 12.5. The van der Waals surface area contributed by atoms with Crippen LogP contribution in [0, 0.1) is 0 Å². The Labute approximate surface area is 111 Å². The number of unbranched alkanes of at least 4 members (excludes halogenated alkanes) is 3. The minimum absolute atomic E-state index is 0.548. The summed E-state index contributed by atoms with van der Waals surface area (Å²) in [6.45, 7) is 2.25. The van der Waals surface area contributed by atoms with Crippen LogP contribution in [0.25, 0.3) is 0 Å². The molecule has 1 N–H and O–H groups in total. The zero-order valence-corrected chi connectivity index (χ0v) is 11.8. The first kappa shape index (κ1) is 14.5. The van der Waals surface area contributed by atoms with Gasteiger partial charge in [-0.25, -0.2) is 0 Å². The summed E-state index contributed by atoms with van der Waals surface area (Å²) >= 11 is 6.18. The predicted octanol–water partition coefficient (Wildman–Crippen LogP) is 4.44. The van der Waals surface area contributed by atoms with E-state index < -0.39 is 0 Å². The number of hydrogen-bond acceptors (Lipinski definition) is 1. The second kappa shape index (κ2) is 8.54. The van der Waals surface area contributed by atoms with Crippen molar-refractivity contribution in [3.05, 3.63) is 34.9 Å². The summed E-state index contributed by atoms with van der Waals surface area (Å²) in [5.41, 5.74) is 1.25. The summed E-state index contributed by atoms with van der Waals surface area (Å²) < 4.78 is 0. The highest BCUT2D eigenvalue weighted by atomic mass is 35.5. The van der Waals surface area contributed by atoms with E-state index in [9.17, 15) is 0 Å². The van der Waals surface area contributed by atoms with Crippen LogP contribution in [-0.2, 0) is 6.42 Å². The van der Waals surface area contributed by atoms with Gasteiger partial charge in [0.05, 0.1) is 0 Å². The van der Waals surface area contributed by atoms with E-state index in [1.54, 1.807) is 0 Å². The van der Waals surface area contributed by atoms with Gasteiger partial charge in [0.2, 0.25) is 0 Å². The Hall–Kier alpha value is -0.530. The average Bonchev–Trinajstić information content (AvgIpc) is 2.35. The molecule has 0 aromatic heterocycles. The van der Waals surface area contributed by atoms with E-state index in [0.717, 1.165) is 11.4 Å². The molecule has 1 unspecified atom stereocenters. The molecule has 0 amide bonds. The molecule has 0 saturated heterocycles. The van der Waals surface area contributed by atoms with E-state index in [2.05, 4.69) is 24.4 Å². The maximum absolute atomic E-state index is 6.18. The molecule has 1 rings (SSSR count). The van der Waals surface area contributed by atoms with Gasteiger partial charge in [-0.05, 0) is 31.5 Å². The molecule has 0 radical (unpaired) electrons. The first-order chi connectivity index (χ1) is 8.27. The summed E-state index contributed by atoms with van der Waals surface area (Å²) in [4.78, 5) is 0. The fourth-order valence-corrected chi connectivity index (χ4v) is 2.31. The highest BCUT2D eigenvalue weighted by Crippen LogP contribution is 2.18. The molecule has 1 aromatic rings. The minimum atomic E-state index is 0.548. The number of likely N-dealkylation sites (N-methyl/N-ethyl adjacent to an activating group) is 1. The molecular formula is C15H24ClN. The van der Waals surface area contributed by atoms with Crippen LogP contribution >= 0.6 is 11.6 Å². The monoisotopic (exact) mass is 253 g/mol. The molecule has 1 aromatic carbocycles. The molecule has 0 aliphatic rings. The average molecular weight is 254 g/mol. The Kier molecular flexibility index (Phi) is 7.30. The first-order valence-electron chi connectivity index (χ1n) is 6.68. The highest BCUT2D eigenvalue weighted by Gasteiger charge is 2.08. The number of benzene rings is 1. The quantitative estimate of drug-likeness (QED) is 0.676. The van der Waals surface area contributed by atoms with Crippen molar-refractivity contribution in [3.63, 3.8) is 0 Å². The minimum Gasteiger partial charge on any atom is -0.317 e. The van der Waals surface area contributed by atoms with E-state index in [1.165, 1.54) is 37.7 Å². The van der Waals surface area contributed by atoms with Crippen molar-refractivity contribution >= 4 is 11.6 Å². The van der Waals surface area contributed by atoms with E-state index in [4.69, 9.17) is 11.6 Å². The lowest BCUT2D eigenvalue weighted by Crippen LogP contribution is -2.27. The van der Waals surface area contributed by atoms with Crippen molar-refractivity contribution in [3.8, 4) is 0 Å². The summed E-state index contributed by atoms with van der Waals surface area (Å²) in [7, 11) is 2.04. The van der Waals surface area contributed by atoms with Crippen molar-refractivity contribution in [1.82, 2.24) is 5.32 Å². The lowest BCUT2D eigenvalue weighted by atomic mass is 10.00. The third-order valence-electron chi connectivity index (χ3n) is 3.24. The van der Waals surface area contributed by atoms with Crippen molar-refractivity contribution in [2.24, 2.45) is 0 Å². The Morgan fingerprint density at radius 3 is 2.59 bits per heavy atom. The molecule has 0 fully saturated rings. The number of nitrogens with one attached hydrogen (secondary N) is 1. The number of halogens is 1. The topological polar surface area (TPSA) is 12.0 Å². The van der Waals surface area contributed by atoms with Crippen molar-refractivity contribution in [2.45, 2.75) is 51.5 Å². The van der Waals surface area contributed by atoms with Crippen LogP contribution < -0.4 is 5.32 Å². The van der Waals surface area contributed by atoms with Gasteiger partial charge in [0, 0.05) is 11.1 Å². The van der Waals surface area contributed by atoms with Gasteiger partial charge in [-0.1, -0.05) is 62.4 Å². The van der Waals surface area contributed by atoms with Crippen molar-refractivity contribution < 1.29 is 0 Å². The van der Waals surface area contributed by atoms with Crippen LogP contribution in [0.15, 0.2) is 24.3 Å². The zero-order valence-electron chi connectivity index (χ0n) is 11.0. The van der Waals surface area contributed by atoms with Gasteiger partial charge in [0.15, 0.2) is 0 Å². The maximum atomic E-state index is 6.18. The number of rotatable bonds is 8. The summed E-state index contributed by atoms with van der Waals surface area (Å²) in [6.07, 6.45) is 7.57. The van der Waals surface area contributed by atoms with E-state index in [0.29, 0.717) is 6.04 Å². The first-order valence-corrected chi connectivity index (χ1v) is 7.06. The molecule has 0 saturated carbocycles. The molecular weight excluding hydrogens is 230 g/mol. The van der Waals surface area contributed by atoms with Crippen LogP contribution in [0.5, 0.6) is 0 Å². The van der Waals surface area contributed by atoms with E-state index in [1.807, 2.05) is 19.2 Å². The van der Waals surface area contributed by atoms with Crippen LogP contribution in [0.4, 0.5) is 0 Å². The third kappa shape index (κ3) is 5.56. The Bertz CT molecular complexity index is 312. The molecule has 0 spiro atoms. The van der Waals surface area contributed by atoms with E-state index in [-0.39, 0.29) is 0 Å². The Morgan fingerprint density at radius 2 is 1.94 bits per heavy atom. The Morgan fingerprint density at radius 1 is 1.18 bits per heavy atom. The van der Waals surface area contributed by atoms with Crippen LogP contribution in [0.2, 0.25) is 5.02 Å². The normalized spacial score (nSPS) is 12.6. The van der Waals surface area contributed by atoms with Gasteiger partial charge >= 0.3 is 0 Å². The molecule has 17 heavy (non-hydrogen) atoms. The fraction of sp³-hybridized carbons (Fsp3) is 0.600. The molecule has 0 aliphatic heterocycles. The standard InChI is InChI=1S/C15H24ClN/c1-3-4-5-6-10-14(17-2)12-13-9-7-8-11-15(13)16/h7-9,11,14,17H,3-6,10,12H2,1-2H3. The Balaban J connectivity index is 2.38. The molecule has 0 aliphatic carbocycles. The lowest BCUT2D eigenvalue weighted by Gasteiger charge is -2.16. The summed E-state index contributed by atoms with van der Waals surface area (Å²) in [6, 6.07) is 8.69. The number of hydrogen-bond donors (Lipinski definition) is 1. The molecule has 1 nitrogen and oxygen atoms in total. The molecule has 1 atom stereocenters.